The molecular weight excluding hydrogens is 206 g/mol. The van der Waals surface area contributed by atoms with Gasteiger partial charge in [-0.15, -0.1) is 0 Å². The molecule has 0 aromatic rings. The Kier molecular flexibility index (Phi) is 6.28. The number of ether oxygens (including phenoxy) is 2. The molecule has 1 heterocycles. The molecule has 4 heteroatoms. The van der Waals surface area contributed by atoms with Gasteiger partial charge in [-0.2, -0.15) is 0 Å². The average Bonchev–Trinajstić information content (AvgIpc) is 2.69. The second-order valence-electron chi connectivity index (χ2n) is 4.83. The van der Waals surface area contributed by atoms with E-state index in [1.54, 1.807) is 7.11 Å². The fourth-order valence-electron chi connectivity index (χ4n) is 2.05. The highest BCUT2D eigenvalue weighted by Crippen LogP contribution is 2.24. The van der Waals surface area contributed by atoms with E-state index in [0.29, 0.717) is 6.61 Å². The van der Waals surface area contributed by atoms with E-state index >= 15 is 0 Å². The minimum absolute atomic E-state index is 0.258. The zero-order chi connectivity index (χ0) is 11.9. The van der Waals surface area contributed by atoms with Crippen molar-refractivity contribution in [2.24, 2.45) is 0 Å². The van der Waals surface area contributed by atoms with Gasteiger partial charge in [0.25, 0.3) is 0 Å². The van der Waals surface area contributed by atoms with Crippen molar-refractivity contribution in [1.82, 2.24) is 5.32 Å². The topological polar surface area (TPSA) is 50.7 Å². The summed E-state index contributed by atoms with van der Waals surface area (Å²) >= 11 is 0. The third-order valence-corrected chi connectivity index (χ3v) is 3.01. The molecule has 0 bridgehead atoms. The summed E-state index contributed by atoms with van der Waals surface area (Å²) in [6, 6.07) is 0. The second-order valence-corrected chi connectivity index (χ2v) is 4.83. The van der Waals surface area contributed by atoms with Crippen molar-refractivity contribution in [3.63, 3.8) is 0 Å². The van der Waals surface area contributed by atoms with E-state index in [0.717, 1.165) is 45.4 Å². The minimum atomic E-state index is -0.616. The molecule has 96 valence electrons. The Morgan fingerprint density at radius 2 is 2.31 bits per heavy atom. The Labute approximate surface area is 98.3 Å². The maximum absolute atomic E-state index is 10.2. The van der Waals surface area contributed by atoms with Crippen molar-refractivity contribution >= 4 is 0 Å². The summed E-state index contributed by atoms with van der Waals surface area (Å²) in [4.78, 5) is 0. The molecule has 1 aliphatic heterocycles. The maximum Gasteiger partial charge on any atom is 0.0656 e. The molecule has 0 saturated carbocycles. The summed E-state index contributed by atoms with van der Waals surface area (Å²) in [5.74, 6) is 0. The molecule has 0 aliphatic carbocycles. The van der Waals surface area contributed by atoms with E-state index in [1.807, 2.05) is 6.92 Å². The van der Waals surface area contributed by atoms with Crippen molar-refractivity contribution in [3.8, 4) is 0 Å². The van der Waals surface area contributed by atoms with Crippen LogP contribution in [0, 0.1) is 0 Å². The lowest BCUT2D eigenvalue weighted by Gasteiger charge is -2.26. The lowest BCUT2D eigenvalue weighted by molar-refractivity contribution is -0.0119. The van der Waals surface area contributed by atoms with E-state index in [9.17, 15) is 5.11 Å². The van der Waals surface area contributed by atoms with Crippen LogP contribution in [0.5, 0.6) is 0 Å². The van der Waals surface area contributed by atoms with Crippen LogP contribution in [0.1, 0.15) is 32.6 Å². The molecule has 1 saturated heterocycles. The van der Waals surface area contributed by atoms with Crippen LogP contribution >= 0.6 is 0 Å². The molecule has 2 N–H and O–H groups in total. The number of hydrogen-bond donors (Lipinski definition) is 2. The summed E-state index contributed by atoms with van der Waals surface area (Å²) in [6.45, 7) is 5.13. The summed E-state index contributed by atoms with van der Waals surface area (Å²) in [5, 5.41) is 13.4. The van der Waals surface area contributed by atoms with Gasteiger partial charge in [-0.05, 0) is 32.7 Å². The van der Waals surface area contributed by atoms with Crippen LogP contribution in [-0.2, 0) is 9.47 Å². The number of rotatable bonds is 8. The van der Waals surface area contributed by atoms with Crippen LogP contribution in [-0.4, -0.2) is 50.2 Å². The summed E-state index contributed by atoms with van der Waals surface area (Å²) in [6.07, 6.45) is 3.99. The van der Waals surface area contributed by atoms with Crippen LogP contribution in [0.4, 0.5) is 0 Å². The molecule has 1 rings (SSSR count). The Hall–Kier alpha value is -0.160. The first-order valence-electron chi connectivity index (χ1n) is 6.18. The maximum atomic E-state index is 10.2. The first-order chi connectivity index (χ1) is 7.64. The quantitative estimate of drug-likeness (QED) is 0.610. The fourth-order valence-corrected chi connectivity index (χ4v) is 2.05. The standard InChI is InChI=1S/C12H25NO3/c1-12(14,5-6-13-7-9-15-2)10-11-4-3-8-16-11/h11,13-14H,3-10H2,1-2H3. The second kappa shape index (κ2) is 7.22. The van der Waals surface area contributed by atoms with Crippen LogP contribution in [0.3, 0.4) is 0 Å². The molecule has 0 radical (unpaired) electrons. The van der Waals surface area contributed by atoms with E-state index in [4.69, 9.17) is 9.47 Å². The van der Waals surface area contributed by atoms with Gasteiger partial charge >= 0.3 is 0 Å². The third-order valence-electron chi connectivity index (χ3n) is 3.01. The molecule has 0 amide bonds. The Morgan fingerprint density at radius 1 is 1.50 bits per heavy atom. The van der Waals surface area contributed by atoms with Crippen LogP contribution in [0.2, 0.25) is 0 Å². The molecule has 2 atom stereocenters. The molecule has 1 fully saturated rings. The zero-order valence-corrected chi connectivity index (χ0v) is 10.5. The smallest absolute Gasteiger partial charge is 0.0656 e. The van der Waals surface area contributed by atoms with Gasteiger partial charge in [-0.1, -0.05) is 0 Å². The molecule has 1 aliphatic rings. The Balaban J connectivity index is 2.07. The highest BCUT2D eigenvalue weighted by Gasteiger charge is 2.27. The van der Waals surface area contributed by atoms with Crippen molar-refractivity contribution in [2.45, 2.75) is 44.3 Å². The predicted molar refractivity (Wildman–Crippen MR) is 63.6 cm³/mol. The first kappa shape index (κ1) is 13.9. The molecule has 0 aromatic carbocycles. The van der Waals surface area contributed by atoms with E-state index in [-0.39, 0.29) is 6.10 Å². The molecule has 16 heavy (non-hydrogen) atoms. The number of aliphatic hydroxyl groups is 1. The number of hydrogen-bond acceptors (Lipinski definition) is 4. The van der Waals surface area contributed by atoms with Crippen molar-refractivity contribution in [1.29, 1.82) is 0 Å². The van der Waals surface area contributed by atoms with Crippen molar-refractivity contribution in [2.75, 3.05) is 33.4 Å². The highest BCUT2D eigenvalue weighted by molar-refractivity contribution is 4.80. The molecule has 0 spiro atoms. The largest absolute Gasteiger partial charge is 0.390 e. The normalized spacial score (nSPS) is 24.6. The monoisotopic (exact) mass is 231 g/mol. The van der Waals surface area contributed by atoms with E-state index < -0.39 is 5.60 Å². The lowest BCUT2D eigenvalue weighted by atomic mass is 9.93. The fraction of sp³-hybridized carbons (Fsp3) is 1.00. The first-order valence-corrected chi connectivity index (χ1v) is 6.18. The van der Waals surface area contributed by atoms with Gasteiger partial charge in [0.15, 0.2) is 0 Å². The lowest BCUT2D eigenvalue weighted by Crippen LogP contribution is -2.34. The van der Waals surface area contributed by atoms with Crippen molar-refractivity contribution in [3.05, 3.63) is 0 Å². The van der Waals surface area contributed by atoms with E-state index in [2.05, 4.69) is 5.32 Å². The zero-order valence-electron chi connectivity index (χ0n) is 10.5. The summed E-state index contributed by atoms with van der Waals surface area (Å²) in [5.41, 5.74) is -0.616. The Bertz CT molecular complexity index is 179. The molecular formula is C12H25NO3. The minimum Gasteiger partial charge on any atom is -0.390 e. The number of methoxy groups -OCH3 is 1. The predicted octanol–water partition coefficient (Wildman–Crippen LogP) is 0.933. The van der Waals surface area contributed by atoms with Crippen LogP contribution < -0.4 is 5.32 Å². The number of nitrogens with one attached hydrogen (secondary N) is 1. The van der Waals surface area contributed by atoms with Gasteiger partial charge in [0.1, 0.15) is 0 Å². The van der Waals surface area contributed by atoms with Crippen molar-refractivity contribution < 1.29 is 14.6 Å². The summed E-state index contributed by atoms with van der Waals surface area (Å²) < 4.78 is 10.5. The van der Waals surface area contributed by atoms with Crippen LogP contribution in [0.15, 0.2) is 0 Å². The van der Waals surface area contributed by atoms with Gasteiger partial charge in [0.05, 0.1) is 18.3 Å². The molecule has 0 aromatic heterocycles. The van der Waals surface area contributed by atoms with E-state index in [1.165, 1.54) is 0 Å². The third kappa shape index (κ3) is 5.80. The summed E-state index contributed by atoms with van der Waals surface area (Å²) in [7, 11) is 1.69. The van der Waals surface area contributed by atoms with Gasteiger partial charge in [0.2, 0.25) is 0 Å². The average molecular weight is 231 g/mol. The Morgan fingerprint density at radius 3 is 2.94 bits per heavy atom. The van der Waals surface area contributed by atoms with Gasteiger partial charge < -0.3 is 19.9 Å². The van der Waals surface area contributed by atoms with Gasteiger partial charge in [-0.3, -0.25) is 0 Å². The molecule has 2 unspecified atom stereocenters. The van der Waals surface area contributed by atoms with Gasteiger partial charge in [-0.25, -0.2) is 0 Å². The highest BCUT2D eigenvalue weighted by atomic mass is 16.5. The molecule has 4 nitrogen and oxygen atoms in total. The SMILES string of the molecule is COCCNCCC(C)(O)CC1CCCO1. The van der Waals surface area contributed by atoms with Gasteiger partial charge in [0, 0.05) is 26.7 Å². The van der Waals surface area contributed by atoms with Crippen LogP contribution in [0.25, 0.3) is 0 Å².